The predicted molar refractivity (Wildman–Crippen MR) is 92.5 cm³/mol. The number of halogens is 1. The number of amides is 1. The Kier molecular flexibility index (Phi) is 4.48. The molecule has 120 valence electrons. The van der Waals surface area contributed by atoms with Crippen LogP contribution >= 0.6 is 11.3 Å². The Morgan fingerprint density at radius 2 is 2.04 bits per heavy atom. The number of thiophene rings is 1. The molecule has 0 fully saturated rings. The van der Waals surface area contributed by atoms with Crippen molar-refractivity contribution < 1.29 is 9.18 Å². The van der Waals surface area contributed by atoms with Gasteiger partial charge in [0.1, 0.15) is 11.5 Å². The molecule has 3 rings (SSSR count). The molecule has 0 saturated carbocycles. The number of benzene rings is 1. The first-order valence-electron chi connectivity index (χ1n) is 7.70. The van der Waals surface area contributed by atoms with Crippen molar-refractivity contribution in [3.63, 3.8) is 0 Å². The van der Waals surface area contributed by atoms with Crippen LogP contribution in [-0.2, 0) is 6.54 Å². The van der Waals surface area contributed by atoms with Gasteiger partial charge in [-0.3, -0.25) is 4.79 Å². The van der Waals surface area contributed by atoms with Gasteiger partial charge >= 0.3 is 0 Å². The van der Waals surface area contributed by atoms with Crippen LogP contribution in [0.1, 0.15) is 36.3 Å². The van der Waals surface area contributed by atoms with E-state index in [-0.39, 0.29) is 17.8 Å². The summed E-state index contributed by atoms with van der Waals surface area (Å²) in [5.74, 6) is -0.318. The number of fused-ring (bicyclic) bond motifs is 1. The first kappa shape index (κ1) is 15.7. The van der Waals surface area contributed by atoms with Gasteiger partial charge in [0.05, 0.1) is 10.2 Å². The lowest BCUT2D eigenvalue weighted by molar-refractivity contribution is 0.0931. The number of carbonyl (C=O) groups is 1. The van der Waals surface area contributed by atoms with Gasteiger partial charge in [-0.2, -0.15) is 0 Å². The van der Waals surface area contributed by atoms with E-state index < -0.39 is 0 Å². The van der Waals surface area contributed by atoms with E-state index in [0.29, 0.717) is 12.2 Å². The monoisotopic (exact) mass is 330 g/mol. The van der Waals surface area contributed by atoms with Gasteiger partial charge in [0, 0.05) is 12.6 Å². The summed E-state index contributed by atoms with van der Waals surface area (Å²) in [6.45, 7) is 4.58. The lowest BCUT2D eigenvalue weighted by Gasteiger charge is -2.14. The Bertz CT molecular complexity index is 819. The highest BCUT2D eigenvalue weighted by molar-refractivity contribution is 7.17. The van der Waals surface area contributed by atoms with E-state index >= 15 is 0 Å². The molecular weight excluding hydrogens is 311 g/mol. The molecule has 3 aromatic rings. The summed E-state index contributed by atoms with van der Waals surface area (Å²) in [5, 5.41) is 5.03. The minimum atomic E-state index is -0.253. The number of aromatic nitrogens is 1. The molecule has 5 heteroatoms. The van der Waals surface area contributed by atoms with Gasteiger partial charge in [-0.15, -0.1) is 11.3 Å². The maximum Gasteiger partial charge on any atom is 0.268 e. The van der Waals surface area contributed by atoms with Crippen molar-refractivity contribution >= 4 is 27.5 Å². The molecule has 1 unspecified atom stereocenters. The summed E-state index contributed by atoms with van der Waals surface area (Å²) >= 11 is 1.62. The fourth-order valence-corrected chi connectivity index (χ4v) is 3.33. The molecule has 2 aromatic heterocycles. The van der Waals surface area contributed by atoms with E-state index in [9.17, 15) is 9.18 Å². The summed E-state index contributed by atoms with van der Waals surface area (Å²) in [7, 11) is 0. The van der Waals surface area contributed by atoms with Crippen molar-refractivity contribution in [2.75, 3.05) is 0 Å². The molecule has 3 nitrogen and oxygen atoms in total. The number of rotatable bonds is 5. The largest absolute Gasteiger partial charge is 0.348 e. The minimum Gasteiger partial charge on any atom is -0.348 e. The Hall–Kier alpha value is -2.14. The summed E-state index contributed by atoms with van der Waals surface area (Å²) in [5.41, 5.74) is 2.65. The van der Waals surface area contributed by atoms with E-state index in [2.05, 4.69) is 5.32 Å². The molecule has 0 spiro atoms. The number of hydrogen-bond acceptors (Lipinski definition) is 2. The highest BCUT2D eigenvalue weighted by Gasteiger charge is 2.17. The lowest BCUT2D eigenvalue weighted by atomic mass is 10.2. The average molecular weight is 330 g/mol. The standard InChI is InChI=1S/C18H19FN2OS/c1-3-12(2)20-18(22)16-10-17-15(8-9-23-17)21(16)11-13-4-6-14(19)7-5-13/h4-10,12H,3,11H2,1-2H3,(H,20,22). The SMILES string of the molecule is CCC(C)NC(=O)c1cc2sccc2n1Cc1ccc(F)cc1. The summed E-state index contributed by atoms with van der Waals surface area (Å²) in [4.78, 5) is 12.6. The molecule has 0 radical (unpaired) electrons. The molecule has 1 amide bonds. The third kappa shape index (κ3) is 3.29. The van der Waals surface area contributed by atoms with Crippen molar-refractivity contribution in [2.24, 2.45) is 0 Å². The highest BCUT2D eigenvalue weighted by atomic mass is 32.1. The van der Waals surface area contributed by atoms with Crippen molar-refractivity contribution in [2.45, 2.75) is 32.9 Å². The third-order valence-electron chi connectivity index (χ3n) is 4.00. The first-order chi connectivity index (χ1) is 11.1. The quantitative estimate of drug-likeness (QED) is 0.738. The van der Waals surface area contributed by atoms with Crippen LogP contribution in [0.5, 0.6) is 0 Å². The lowest BCUT2D eigenvalue weighted by Crippen LogP contribution is -2.33. The van der Waals surface area contributed by atoms with E-state index in [1.807, 2.05) is 35.9 Å². The maximum absolute atomic E-state index is 13.1. The number of hydrogen-bond donors (Lipinski definition) is 1. The van der Waals surface area contributed by atoms with Gasteiger partial charge in [-0.1, -0.05) is 19.1 Å². The maximum atomic E-state index is 13.1. The zero-order chi connectivity index (χ0) is 16.4. The minimum absolute atomic E-state index is 0.0649. The van der Waals surface area contributed by atoms with E-state index in [0.717, 1.165) is 22.2 Å². The Labute approximate surface area is 138 Å². The highest BCUT2D eigenvalue weighted by Crippen LogP contribution is 2.26. The number of nitrogens with zero attached hydrogens (tertiary/aromatic N) is 1. The zero-order valence-corrected chi connectivity index (χ0v) is 14.0. The van der Waals surface area contributed by atoms with E-state index in [1.54, 1.807) is 23.5 Å². The van der Waals surface area contributed by atoms with Crippen LogP contribution in [-0.4, -0.2) is 16.5 Å². The second kappa shape index (κ2) is 6.54. The number of nitrogens with one attached hydrogen (secondary N) is 1. The summed E-state index contributed by atoms with van der Waals surface area (Å²) in [6, 6.07) is 10.5. The van der Waals surface area contributed by atoms with Crippen LogP contribution in [0.25, 0.3) is 10.2 Å². The van der Waals surface area contributed by atoms with Gasteiger partial charge < -0.3 is 9.88 Å². The van der Waals surface area contributed by atoms with Crippen LogP contribution < -0.4 is 5.32 Å². The van der Waals surface area contributed by atoms with Gasteiger partial charge in [0.15, 0.2) is 0 Å². The topological polar surface area (TPSA) is 34.0 Å². The summed E-state index contributed by atoms with van der Waals surface area (Å²) in [6.07, 6.45) is 0.888. The normalized spacial score (nSPS) is 12.5. The first-order valence-corrected chi connectivity index (χ1v) is 8.58. The second-order valence-electron chi connectivity index (χ2n) is 5.70. The van der Waals surface area contributed by atoms with Gasteiger partial charge in [-0.05, 0) is 48.6 Å². The molecule has 0 aliphatic heterocycles. The average Bonchev–Trinajstić information content (AvgIpc) is 3.12. The van der Waals surface area contributed by atoms with Crippen LogP contribution in [0, 0.1) is 5.82 Å². The van der Waals surface area contributed by atoms with E-state index in [4.69, 9.17) is 0 Å². The van der Waals surface area contributed by atoms with Gasteiger partial charge in [0.2, 0.25) is 0 Å². The zero-order valence-electron chi connectivity index (χ0n) is 13.2. The molecular formula is C18H19FN2OS. The molecule has 23 heavy (non-hydrogen) atoms. The van der Waals surface area contributed by atoms with Crippen LogP contribution in [0.2, 0.25) is 0 Å². The molecule has 1 N–H and O–H groups in total. The van der Waals surface area contributed by atoms with Gasteiger partial charge in [-0.25, -0.2) is 4.39 Å². The van der Waals surface area contributed by atoms with Crippen LogP contribution in [0.15, 0.2) is 41.8 Å². The molecule has 1 atom stereocenters. The molecule has 1 aromatic carbocycles. The Balaban J connectivity index is 1.96. The third-order valence-corrected chi connectivity index (χ3v) is 4.85. The number of carbonyl (C=O) groups excluding carboxylic acids is 1. The van der Waals surface area contributed by atoms with E-state index in [1.165, 1.54) is 12.1 Å². The molecule has 0 aliphatic rings. The predicted octanol–water partition coefficient (Wildman–Crippen LogP) is 4.42. The smallest absolute Gasteiger partial charge is 0.268 e. The van der Waals surface area contributed by atoms with Crippen LogP contribution in [0.3, 0.4) is 0 Å². The molecule has 0 saturated heterocycles. The Morgan fingerprint density at radius 3 is 2.74 bits per heavy atom. The molecule has 0 bridgehead atoms. The van der Waals surface area contributed by atoms with Crippen molar-refractivity contribution in [3.8, 4) is 0 Å². The molecule has 0 aliphatic carbocycles. The van der Waals surface area contributed by atoms with Gasteiger partial charge in [0.25, 0.3) is 5.91 Å². The van der Waals surface area contributed by atoms with Crippen molar-refractivity contribution in [1.29, 1.82) is 0 Å². The molecule has 2 heterocycles. The fourth-order valence-electron chi connectivity index (χ4n) is 2.51. The Morgan fingerprint density at radius 1 is 1.30 bits per heavy atom. The fraction of sp³-hybridized carbons (Fsp3) is 0.278. The summed E-state index contributed by atoms with van der Waals surface area (Å²) < 4.78 is 16.2. The van der Waals surface area contributed by atoms with Crippen LogP contribution in [0.4, 0.5) is 4.39 Å². The van der Waals surface area contributed by atoms with Crippen molar-refractivity contribution in [3.05, 3.63) is 58.9 Å². The van der Waals surface area contributed by atoms with Crippen molar-refractivity contribution in [1.82, 2.24) is 9.88 Å². The second-order valence-corrected chi connectivity index (χ2v) is 6.64.